The molecule has 0 fully saturated rings. The molecule has 3 radical (unpaired) electrons. The van der Waals surface area contributed by atoms with Crippen molar-refractivity contribution < 1.29 is 53.6 Å². The molecule has 0 aliphatic carbocycles. The Morgan fingerprint density at radius 1 is 1.83 bits per heavy atom. The Morgan fingerprint density at radius 3 is 2.33 bits per heavy atom. The van der Waals surface area contributed by atoms with E-state index >= 15 is 0 Å². The van der Waals surface area contributed by atoms with Gasteiger partial charge in [0, 0.05) is 0 Å². The predicted octanol–water partition coefficient (Wildman–Crippen LogP) is -6.90. The van der Waals surface area contributed by atoms with Crippen molar-refractivity contribution in [2.45, 2.75) is 0 Å². The van der Waals surface area contributed by atoms with Crippen LogP contribution in [0.15, 0.2) is 0 Å². The summed E-state index contributed by atoms with van der Waals surface area (Å²) >= 11 is -0.511. The average Bonchev–Trinajstić information content (AvgIpc) is 1.41. The van der Waals surface area contributed by atoms with Crippen molar-refractivity contribution in [2.75, 3.05) is 0 Å². The summed E-state index contributed by atoms with van der Waals surface area (Å²) in [6.45, 7) is 0. The van der Waals surface area contributed by atoms with E-state index in [9.17, 15) is 0 Å². The molecular weight excluding hydrogens is 224 g/mol. The van der Waals surface area contributed by atoms with E-state index in [2.05, 4.69) is 10.9 Å². The number of halogens is 1. The van der Waals surface area contributed by atoms with E-state index < -0.39 is 20.8 Å². The molecule has 0 spiro atoms. The first kappa shape index (κ1) is 10.7. The molecule has 3 nitrogen and oxygen atoms in total. The first-order chi connectivity index (χ1) is 2.41. The summed E-state index contributed by atoms with van der Waals surface area (Å²) in [5.74, 6) is 0. The zero-order chi connectivity index (χ0) is 4.12. The summed E-state index contributed by atoms with van der Waals surface area (Å²) in [6.07, 6.45) is 0. The van der Waals surface area contributed by atoms with Gasteiger partial charge >= 0.3 is 72.1 Å². The SMILES string of the molecule is [Na+].[O-]NO[I-][Si]. The Labute approximate surface area is 71.3 Å². The second kappa shape index (κ2) is 9.95. The molecule has 0 saturated heterocycles. The van der Waals surface area contributed by atoms with Crippen LogP contribution in [0.1, 0.15) is 0 Å². The third kappa shape index (κ3) is 9.27. The topological polar surface area (TPSA) is 44.3 Å². The van der Waals surface area contributed by atoms with Crippen LogP contribution in [0.25, 0.3) is 0 Å². The minimum absolute atomic E-state index is 0. The van der Waals surface area contributed by atoms with E-state index in [-0.39, 0.29) is 29.6 Å². The van der Waals surface area contributed by atoms with Crippen LogP contribution in [0.4, 0.5) is 0 Å². The molecule has 0 heterocycles. The van der Waals surface area contributed by atoms with Crippen LogP contribution in [0.2, 0.25) is 0 Å². The molecule has 0 aromatic carbocycles. The van der Waals surface area contributed by atoms with E-state index in [1.807, 2.05) is 0 Å². The van der Waals surface area contributed by atoms with Gasteiger partial charge in [-0.2, -0.15) is 0 Å². The minimum atomic E-state index is -0.511. The Balaban J connectivity index is 0. The number of hydrogen-bond donors (Lipinski definition) is 1. The van der Waals surface area contributed by atoms with Gasteiger partial charge in [0.15, 0.2) is 0 Å². The second-order valence-corrected chi connectivity index (χ2v) is 2.15. The Hall–Kier alpha value is 1.83. The Bertz CT molecular complexity index is 21.0. The van der Waals surface area contributed by atoms with Crippen LogP contribution < -0.4 is 56.0 Å². The van der Waals surface area contributed by atoms with Gasteiger partial charge < -0.3 is 0 Å². The fourth-order valence-corrected chi connectivity index (χ4v) is 0.317. The van der Waals surface area contributed by atoms with Crippen molar-refractivity contribution in [3.8, 4) is 0 Å². The van der Waals surface area contributed by atoms with Crippen molar-refractivity contribution in [1.29, 1.82) is 0 Å². The van der Waals surface area contributed by atoms with Crippen molar-refractivity contribution >= 4 is 7.74 Å². The zero-order valence-corrected chi connectivity index (χ0v) is 8.35. The summed E-state index contributed by atoms with van der Waals surface area (Å²) in [6, 6.07) is 0. The third-order valence-electron chi connectivity index (χ3n) is 0.0701. The normalized spacial score (nSPS) is 7.67. The molecule has 0 unspecified atom stereocenters. The molecule has 0 aromatic heterocycles. The molecule has 31 valence electrons. The molecular formula is HINNaO2Si-. The van der Waals surface area contributed by atoms with Crippen LogP contribution in [0.5, 0.6) is 0 Å². The number of hydrogen-bond acceptors (Lipinski definition) is 3. The van der Waals surface area contributed by atoms with Crippen molar-refractivity contribution in [3.63, 3.8) is 0 Å². The summed E-state index contributed by atoms with van der Waals surface area (Å²) in [5.41, 5.74) is 1.27. The van der Waals surface area contributed by atoms with E-state index in [4.69, 9.17) is 5.21 Å². The van der Waals surface area contributed by atoms with Crippen molar-refractivity contribution in [1.82, 2.24) is 5.64 Å². The fourth-order valence-electron chi connectivity index (χ4n) is 0.0157. The first-order valence-corrected chi connectivity index (χ1v) is 5.25. The molecule has 0 bridgehead atoms. The zero-order valence-electron chi connectivity index (χ0n) is 3.19. The third-order valence-corrected chi connectivity index (χ3v) is 0.988. The first-order valence-electron chi connectivity index (χ1n) is 0.752. The van der Waals surface area contributed by atoms with Gasteiger partial charge in [0.05, 0.1) is 0 Å². The maximum absolute atomic E-state index is 9.05. The van der Waals surface area contributed by atoms with Gasteiger partial charge in [-0.1, -0.05) is 0 Å². The fraction of sp³-hybridized carbons (Fsp3) is 0. The van der Waals surface area contributed by atoms with Crippen molar-refractivity contribution in [2.24, 2.45) is 0 Å². The maximum atomic E-state index is 9.05. The van der Waals surface area contributed by atoms with Crippen molar-refractivity contribution in [3.05, 3.63) is 5.21 Å². The van der Waals surface area contributed by atoms with Crippen LogP contribution >= 0.6 is 0 Å². The van der Waals surface area contributed by atoms with Crippen LogP contribution in [0.3, 0.4) is 0 Å². The van der Waals surface area contributed by atoms with E-state index in [0.717, 1.165) is 0 Å². The van der Waals surface area contributed by atoms with E-state index in [1.54, 1.807) is 0 Å². The molecule has 0 atom stereocenters. The van der Waals surface area contributed by atoms with Gasteiger partial charge in [-0.05, 0) is 0 Å². The average molecular weight is 225 g/mol. The molecule has 6 heteroatoms. The summed E-state index contributed by atoms with van der Waals surface area (Å²) < 4.78 is 4.05. The van der Waals surface area contributed by atoms with Gasteiger partial charge in [0.2, 0.25) is 0 Å². The van der Waals surface area contributed by atoms with Gasteiger partial charge in [-0.25, -0.2) is 0 Å². The van der Waals surface area contributed by atoms with E-state index in [0.29, 0.717) is 0 Å². The molecule has 0 amide bonds. The molecule has 0 aromatic rings. The summed E-state index contributed by atoms with van der Waals surface area (Å²) in [5, 5.41) is 9.05. The predicted molar refractivity (Wildman–Crippen MR) is 13.3 cm³/mol. The van der Waals surface area contributed by atoms with Gasteiger partial charge in [-0.3, -0.25) is 0 Å². The molecule has 6 heavy (non-hydrogen) atoms. The molecule has 0 rings (SSSR count). The number of rotatable bonds is 2. The van der Waals surface area contributed by atoms with Gasteiger partial charge in [-0.15, -0.1) is 0 Å². The van der Waals surface area contributed by atoms with Crippen LogP contribution in [-0.4, -0.2) is 7.74 Å². The molecule has 0 aliphatic rings. The Kier molecular flexibility index (Phi) is 17.8. The molecule has 0 aliphatic heterocycles. The summed E-state index contributed by atoms with van der Waals surface area (Å²) in [4.78, 5) is 0. The van der Waals surface area contributed by atoms with Gasteiger partial charge in [0.25, 0.3) is 0 Å². The van der Waals surface area contributed by atoms with Crippen LogP contribution in [0, 0.1) is 5.21 Å². The standard InChI is InChI=1S/HINO2Si.Na/c3-2-4-1-5;/h2H;/q-2;+1. The monoisotopic (exact) mass is 225 g/mol. The van der Waals surface area contributed by atoms with Gasteiger partial charge in [0.1, 0.15) is 0 Å². The summed E-state index contributed by atoms with van der Waals surface area (Å²) in [7, 11) is 2.98. The van der Waals surface area contributed by atoms with Crippen LogP contribution in [-0.2, 0) is 3.17 Å². The number of nitrogens with one attached hydrogen (secondary N) is 1. The quantitative estimate of drug-likeness (QED) is 0.220. The molecule has 0 saturated carbocycles. The Morgan fingerprint density at radius 2 is 2.33 bits per heavy atom. The molecule has 1 N–H and O–H groups in total. The second-order valence-electron chi connectivity index (χ2n) is 0.238. The van der Waals surface area contributed by atoms with E-state index in [1.165, 1.54) is 5.64 Å².